The van der Waals surface area contributed by atoms with Gasteiger partial charge in [0.25, 0.3) is 5.91 Å². The van der Waals surface area contributed by atoms with Gasteiger partial charge in [-0.15, -0.1) is 0 Å². The average molecular weight is 463 g/mol. The maximum atomic E-state index is 12.7. The molecule has 0 radical (unpaired) electrons. The number of nitrogens with one attached hydrogen (secondary N) is 1. The molecule has 25 heavy (non-hydrogen) atoms. The van der Waals surface area contributed by atoms with Crippen LogP contribution in [-0.2, 0) is 6.54 Å². The number of nitrogens with zero attached hydrogens (tertiary/aromatic N) is 2. The SMILES string of the molecule is Cc1nn(-c2ccc(Br)cc2)c(C)c1C(=O)NCc1cccc(Br)c1. The van der Waals surface area contributed by atoms with E-state index in [-0.39, 0.29) is 5.91 Å². The van der Waals surface area contributed by atoms with Crippen molar-refractivity contribution >= 4 is 37.8 Å². The molecule has 4 nitrogen and oxygen atoms in total. The van der Waals surface area contributed by atoms with E-state index < -0.39 is 0 Å². The Kier molecular flexibility index (Phi) is 5.39. The number of halogens is 2. The molecule has 3 rings (SSSR count). The second kappa shape index (κ2) is 7.54. The topological polar surface area (TPSA) is 46.9 Å². The summed E-state index contributed by atoms with van der Waals surface area (Å²) in [5, 5.41) is 7.51. The molecule has 0 aliphatic rings. The summed E-state index contributed by atoms with van der Waals surface area (Å²) in [6.07, 6.45) is 0. The maximum absolute atomic E-state index is 12.7. The molecule has 0 fully saturated rings. The Hall–Kier alpha value is -1.92. The third-order valence-electron chi connectivity index (χ3n) is 3.93. The maximum Gasteiger partial charge on any atom is 0.255 e. The van der Waals surface area contributed by atoms with Crippen LogP contribution in [0.2, 0.25) is 0 Å². The quantitative estimate of drug-likeness (QED) is 0.596. The fraction of sp³-hybridized carbons (Fsp3) is 0.158. The molecule has 0 unspecified atom stereocenters. The zero-order chi connectivity index (χ0) is 18.0. The summed E-state index contributed by atoms with van der Waals surface area (Å²) in [6.45, 7) is 4.24. The first-order chi connectivity index (χ1) is 12.0. The fourth-order valence-corrected chi connectivity index (χ4v) is 3.43. The minimum Gasteiger partial charge on any atom is -0.348 e. The van der Waals surface area contributed by atoms with Crippen molar-refractivity contribution in [2.45, 2.75) is 20.4 Å². The lowest BCUT2D eigenvalue weighted by molar-refractivity contribution is 0.0949. The number of carbonyl (C=O) groups is 1. The molecular formula is C19H17Br2N3O. The molecule has 0 bridgehead atoms. The molecule has 2 aromatic carbocycles. The molecule has 0 aliphatic carbocycles. The zero-order valence-corrected chi connectivity index (χ0v) is 17.1. The number of amides is 1. The van der Waals surface area contributed by atoms with Crippen molar-refractivity contribution in [2.75, 3.05) is 0 Å². The Morgan fingerprint density at radius 1 is 1.08 bits per heavy atom. The first kappa shape index (κ1) is 17.9. The summed E-state index contributed by atoms with van der Waals surface area (Å²) >= 11 is 6.87. The molecule has 0 aliphatic heterocycles. The zero-order valence-electron chi connectivity index (χ0n) is 13.9. The summed E-state index contributed by atoms with van der Waals surface area (Å²) < 4.78 is 3.80. The smallest absolute Gasteiger partial charge is 0.255 e. The Morgan fingerprint density at radius 3 is 2.48 bits per heavy atom. The Labute approximate surface area is 163 Å². The van der Waals surface area contributed by atoms with Crippen LogP contribution in [0.4, 0.5) is 0 Å². The van der Waals surface area contributed by atoms with E-state index in [9.17, 15) is 4.79 Å². The highest BCUT2D eigenvalue weighted by Gasteiger charge is 2.19. The summed E-state index contributed by atoms with van der Waals surface area (Å²) in [5.41, 5.74) is 4.13. The molecule has 1 aromatic heterocycles. The van der Waals surface area contributed by atoms with Gasteiger partial charge in [0.1, 0.15) is 0 Å². The number of aromatic nitrogens is 2. The highest BCUT2D eigenvalue weighted by molar-refractivity contribution is 9.10. The van der Waals surface area contributed by atoms with E-state index in [4.69, 9.17) is 0 Å². The van der Waals surface area contributed by atoms with E-state index in [0.717, 1.165) is 25.9 Å². The van der Waals surface area contributed by atoms with Crippen LogP contribution in [0, 0.1) is 13.8 Å². The van der Waals surface area contributed by atoms with Crippen LogP contribution in [0.3, 0.4) is 0 Å². The normalized spacial score (nSPS) is 10.7. The molecule has 0 saturated carbocycles. The van der Waals surface area contributed by atoms with E-state index >= 15 is 0 Å². The van der Waals surface area contributed by atoms with Crippen LogP contribution >= 0.6 is 31.9 Å². The second-order valence-corrected chi connectivity index (χ2v) is 7.58. The summed E-state index contributed by atoms with van der Waals surface area (Å²) in [4.78, 5) is 12.7. The number of aryl methyl sites for hydroxylation is 1. The van der Waals surface area contributed by atoms with Crippen LogP contribution in [0.1, 0.15) is 27.3 Å². The lowest BCUT2D eigenvalue weighted by Crippen LogP contribution is -2.24. The molecule has 128 valence electrons. The van der Waals surface area contributed by atoms with Crippen molar-refractivity contribution in [3.8, 4) is 5.69 Å². The molecule has 1 N–H and O–H groups in total. The molecular weight excluding hydrogens is 446 g/mol. The van der Waals surface area contributed by atoms with Gasteiger partial charge < -0.3 is 5.32 Å². The predicted octanol–water partition coefficient (Wildman–Crippen LogP) is 4.94. The monoisotopic (exact) mass is 461 g/mol. The number of rotatable bonds is 4. The van der Waals surface area contributed by atoms with E-state index in [1.165, 1.54) is 0 Å². The van der Waals surface area contributed by atoms with Gasteiger partial charge in [0.05, 0.1) is 22.6 Å². The molecule has 0 spiro atoms. The Balaban J connectivity index is 1.82. The Bertz CT molecular complexity index is 917. The first-order valence-corrected chi connectivity index (χ1v) is 9.39. The first-order valence-electron chi connectivity index (χ1n) is 7.80. The summed E-state index contributed by atoms with van der Waals surface area (Å²) in [5.74, 6) is -0.113. The standard InChI is InChI=1S/C19H17Br2N3O/c1-12-18(19(25)22-11-14-4-3-5-16(21)10-14)13(2)24(23-12)17-8-6-15(20)7-9-17/h3-10H,11H2,1-2H3,(H,22,25). The van der Waals surface area contributed by atoms with Gasteiger partial charge >= 0.3 is 0 Å². The van der Waals surface area contributed by atoms with E-state index in [1.54, 1.807) is 4.68 Å². The molecule has 0 saturated heterocycles. The van der Waals surface area contributed by atoms with Gasteiger partial charge in [-0.1, -0.05) is 44.0 Å². The average Bonchev–Trinajstić information content (AvgIpc) is 2.88. The predicted molar refractivity (Wildman–Crippen MR) is 106 cm³/mol. The van der Waals surface area contributed by atoms with E-state index in [0.29, 0.717) is 17.8 Å². The van der Waals surface area contributed by atoms with Gasteiger partial charge in [0.2, 0.25) is 0 Å². The van der Waals surface area contributed by atoms with Gasteiger partial charge in [0, 0.05) is 15.5 Å². The van der Waals surface area contributed by atoms with Crippen LogP contribution in [0.5, 0.6) is 0 Å². The van der Waals surface area contributed by atoms with E-state index in [2.05, 4.69) is 42.3 Å². The van der Waals surface area contributed by atoms with Crippen LogP contribution in [0.15, 0.2) is 57.5 Å². The second-order valence-electron chi connectivity index (χ2n) is 5.75. The van der Waals surface area contributed by atoms with Crippen LogP contribution in [-0.4, -0.2) is 15.7 Å². The van der Waals surface area contributed by atoms with Crippen molar-refractivity contribution < 1.29 is 4.79 Å². The number of carbonyl (C=O) groups excluding carboxylic acids is 1. The summed E-state index contributed by atoms with van der Waals surface area (Å²) in [6, 6.07) is 15.7. The molecule has 1 heterocycles. The highest BCUT2D eigenvalue weighted by atomic mass is 79.9. The molecule has 0 atom stereocenters. The third kappa shape index (κ3) is 4.02. The Morgan fingerprint density at radius 2 is 1.80 bits per heavy atom. The van der Waals surface area contributed by atoms with Crippen molar-refractivity contribution in [2.24, 2.45) is 0 Å². The third-order valence-corrected chi connectivity index (χ3v) is 4.95. The summed E-state index contributed by atoms with van der Waals surface area (Å²) in [7, 11) is 0. The van der Waals surface area contributed by atoms with Gasteiger partial charge in [-0.2, -0.15) is 5.10 Å². The lowest BCUT2D eigenvalue weighted by atomic mass is 10.1. The van der Waals surface area contributed by atoms with Crippen LogP contribution < -0.4 is 5.32 Å². The van der Waals surface area contributed by atoms with Gasteiger partial charge in [-0.25, -0.2) is 4.68 Å². The van der Waals surface area contributed by atoms with Gasteiger partial charge in [-0.05, 0) is 55.8 Å². The number of hydrogen-bond donors (Lipinski definition) is 1. The fourth-order valence-electron chi connectivity index (χ4n) is 2.72. The molecule has 1 amide bonds. The molecule has 3 aromatic rings. The minimum absolute atomic E-state index is 0.113. The largest absolute Gasteiger partial charge is 0.348 e. The van der Waals surface area contributed by atoms with Crippen molar-refractivity contribution in [1.29, 1.82) is 0 Å². The number of benzene rings is 2. The minimum atomic E-state index is -0.113. The van der Waals surface area contributed by atoms with Gasteiger partial charge in [0.15, 0.2) is 0 Å². The van der Waals surface area contributed by atoms with Crippen molar-refractivity contribution in [1.82, 2.24) is 15.1 Å². The van der Waals surface area contributed by atoms with Crippen molar-refractivity contribution in [3.05, 3.63) is 80.0 Å². The highest BCUT2D eigenvalue weighted by Crippen LogP contribution is 2.20. The van der Waals surface area contributed by atoms with Crippen molar-refractivity contribution in [3.63, 3.8) is 0 Å². The van der Waals surface area contributed by atoms with Gasteiger partial charge in [-0.3, -0.25) is 4.79 Å². The lowest BCUT2D eigenvalue weighted by Gasteiger charge is -2.07. The van der Waals surface area contributed by atoms with Crippen LogP contribution in [0.25, 0.3) is 5.69 Å². The van der Waals surface area contributed by atoms with E-state index in [1.807, 2.05) is 62.4 Å². The molecule has 6 heteroatoms. The number of hydrogen-bond acceptors (Lipinski definition) is 2.